The van der Waals surface area contributed by atoms with Crippen molar-refractivity contribution in [2.75, 3.05) is 6.61 Å². The van der Waals surface area contributed by atoms with Crippen molar-refractivity contribution in [1.82, 2.24) is 0 Å². The summed E-state index contributed by atoms with van der Waals surface area (Å²) in [5.41, 5.74) is 1.58. The summed E-state index contributed by atoms with van der Waals surface area (Å²) in [6, 6.07) is 0. The van der Waals surface area contributed by atoms with E-state index in [4.69, 9.17) is 9.84 Å². The summed E-state index contributed by atoms with van der Waals surface area (Å²) < 4.78 is 5.67. The first-order valence-electron chi connectivity index (χ1n) is 11.6. The minimum absolute atomic E-state index is 0.0770. The highest BCUT2D eigenvalue weighted by atomic mass is 16.5. The molecular formula is C25H42O4. The van der Waals surface area contributed by atoms with Crippen LogP contribution in [-0.4, -0.2) is 23.7 Å². The average molecular weight is 407 g/mol. The molecule has 0 spiro atoms. The minimum Gasteiger partial charge on any atom is -0.481 e. The van der Waals surface area contributed by atoms with Gasteiger partial charge in [0.15, 0.2) is 0 Å². The van der Waals surface area contributed by atoms with Crippen LogP contribution in [0, 0.1) is 34.5 Å². The molecule has 1 fully saturated rings. The zero-order chi connectivity index (χ0) is 21.8. The number of esters is 1. The molecule has 0 bridgehead atoms. The number of fused-ring (bicyclic) bond motifs is 1. The Balaban J connectivity index is 2.12. The Morgan fingerprint density at radius 2 is 1.90 bits per heavy atom. The Labute approximate surface area is 177 Å². The van der Waals surface area contributed by atoms with Gasteiger partial charge in [-0.25, -0.2) is 0 Å². The Morgan fingerprint density at radius 3 is 2.52 bits per heavy atom. The van der Waals surface area contributed by atoms with Gasteiger partial charge in [0.2, 0.25) is 0 Å². The van der Waals surface area contributed by atoms with Crippen LogP contribution >= 0.6 is 0 Å². The fraction of sp³-hybridized carbons (Fsp3) is 0.840. The fourth-order valence-corrected chi connectivity index (χ4v) is 5.93. The molecule has 166 valence electrons. The van der Waals surface area contributed by atoms with Gasteiger partial charge < -0.3 is 9.84 Å². The van der Waals surface area contributed by atoms with Gasteiger partial charge in [-0.3, -0.25) is 9.59 Å². The third-order valence-corrected chi connectivity index (χ3v) is 8.03. The first-order valence-corrected chi connectivity index (χ1v) is 11.6. The summed E-state index contributed by atoms with van der Waals surface area (Å²) in [4.78, 5) is 23.2. The maximum atomic E-state index is 12.1. The Kier molecular flexibility index (Phi) is 7.98. The van der Waals surface area contributed by atoms with Crippen molar-refractivity contribution >= 4 is 11.9 Å². The van der Waals surface area contributed by atoms with Crippen LogP contribution in [0.3, 0.4) is 0 Å². The number of hydrogen-bond donors (Lipinski definition) is 1. The summed E-state index contributed by atoms with van der Waals surface area (Å²) in [7, 11) is 0. The third-order valence-electron chi connectivity index (χ3n) is 8.03. The number of aliphatic carboxylic acids is 1. The first kappa shape index (κ1) is 24.0. The fourth-order valence-electron chi connectivity index (χ4n) is 5.93. The van der Waals surface area contributed by atoms with Crippen LogP contribution in [0.25, 0.3) is 0 Å². The predicted molar refractivity (Wildman–Crippen MR) is 116 cm³/mol. The first-order chi connectivity index (χ1) is 13.5. The molecule has 0 aromatic heterocycles. The minimum atomic E-state index is -0.699. The van der Waals surface area contributed by atoms with E-state index >= 15 is 0 Å². The van der Waals surface area contributed by atoms with Crippen molar-refractivity contribution in [1.29, 1.82) is 0 Å². The van der Waals surface area contributed by atoms with E-state index in [1.165, 1.54) is 18.4 Å². The molecular weight excluding hydrogens is 364 g/mol. The topological polar surface area (TPSA) is 63.6 Å². The number of allylic oxidation sites excluding steroid dienone is 1. The van der Waals surface area contributed by atoms with Crippen molar-refractivity contribution in [3.8, 4) is 0 Å². The number of carbonyl (C=O) groups is 2. The summed E-state index contributed by atoms with van der Waals surface area (Å²) in [5.74, 6) is 0.912. The normalized spacial score (nSPS) is 33.0. The van der Waals surface area contributed by atoms with Crippen molar-refractivity contribution in [3.05, 3.63) is 11.6 Å². The van der Waals surface area contributed by atoms with E-state index < -0.39 is 5.97 Å². The molecule has 2 aliphatic rings. The molecule has 0 aromatic carbocycles. The van der Waals surface area contributed by atoms with Crippen molar-refractivity contribution in [2.45, 2.75) is 92.9 Å². The maximum absolute atomic E-state index is 12.1. The van der Waals surface area contributed by atoms with Gasteiger partial charge in [-0.05, 0) is 78.6 Å². The molecule has 1 saturated carbocycles. The quantitative estimate of drug-likeness (QED) is 0.363. The number of ether oxygens (including phenoxy) is 1. The number of carbonyl (C=O) groups excluding carboxylic acids is 1. The van der Waals surface area contributed by atoms with Crippen LogP contribution in [0.2, 0.25) is 0 Å². The molecule has 0 aliphatic heterocycles. The van der Waals surface area contributed by atoms with Crippen LogP contribution in [0.5, 0.6) is 0 Å². The van der Waals surface area contributed by atoms with E-state index in [0.29, 0.717) is 30.8 Å². The molecule has 0 aromatic rings. The molecule has 2 aliphatic carbocycles. The molecule has 5 atom stereocenters. The van der Waals surface area contributed by atoms with E-state index in [2.05, 4.69) is 33.8 Å². The Hall–Kier alpha value is -1.32. The molecule has 4 heteroatoms. The van der Waals surface area contributed by atoms with Crippen LogP contribution in [-0.2, 0) is 14.3 Å². The van der Waals surface area contributed by atoms with E-state index in [1.807, 2.05) is 13.8 Å². The second-order valence-corrected chi connectivity index (χ2v) is 10.7. The molecule has 2 rings (SSSR count). The summed E-state index contributed by atoms with van der Waals surface area (Å²) in [5, 5.41) is 9.11. The predicted octanol–water partition coefficient (Wildman–Crippen LogP) is 6.25. The molecule has 29 heavy (non-hydrogen) atoms. The summed E-state index contributed by atoms with van der Waals surface area (Å²) in [6.07, 6.45) is 9.63. The zero-order valence-electron chi connectivity index (χ0n) is 19.4. The van der Waals surface area contributed by atoms with Crippen LogP contribution < -0.4 is 0 Å². The molecule has 0 heterocycles. The van der Waals surface area contributed by atoms with Gasteiger partial charge >= 0.3 is 11.9 Å². The van der Waals surface area contributed by atoms with Crippen molar-refractivity contribution in [3.63, 3.8) is 0 Å². The largest absolute Gasteiger partial charge is 0.481 e. The van der Waals surface area contributed by atoms with Gasteiger partial charge in [-0.2, -0.15) is 0 Å². The van der Waals surface area contributed by atoms with Crippen molar-refractivity contribution in [2.24, 2.45) is 34.5 Å². The lowest BCUT2D eigenvalue weighted by molar-refractivity contribution is -0.144. The number of carboxylic acid groups (broad SMARTS) is 1. The zero-order valence-corrected chi connectivity index (χ0v) is 19.4. The third kappa shape index (κ3) is 5.64. The monoisotopic (exact) mass is 406 g/mol. The summed E-state index contributed by atoms with van der Waals surface area (Å²) in [6.45, 7) is 13.8. The van der Waals surface area contributed by atoms with Crippen molar-refractivity contribution < 1.29 is 19.4 Å². The van der Waals surface area contributed by atoms with Gasteiger partial charge in [0, 0.05) is 12.8 Å². The van der Waals surface area contributed by atoms with Crippen LogP contribution in [0.4, 0.5) is 0 Å². The molecule has 1 N–H and O–H groups in total. The number of hydrogen-bond acceptors (Lipinski definition) is 3. The summed E-state index contributed by atoms with van der Waals surface area (Å²) >= 11 is 0. The van der Waals surface area contributed by atoms with E-state index in [-0.39, 0.29) is 29.1 Å². The van der Waals surface area contributed by atoms with E-state index in [9.17, 15) is 9.59 Å². The highest BCUT2D eigenvalue weighted by molar-refractivity contribution is 5.69. The second-order valence-electron chi connectivity index (χ2n) is 10.7. The molecule has 0 amide bonds. The Bertz CT molecular complexity index is 622. The highest BCUT2D eigenvalue weighted by Crippen LogP contribution is 2.62. The maximum Gasteiger partial charge on any atom is 0.306 e. The van der Waals surface area contributed by atoms with E-state index in [1.54, 1.807) is 0 Å². The van der Waals surface area contributed by atoms with Crippen LogP contribution in [0.15, 0.2) is 11.6 Å². The number of rotatable bonds is 9. The SMILES string of the molecule is CC(C)CC(=O)OCC1=CCCC2C1(C)CCC(C)C2(C)CCC(C)CC(=O)O. The lowest BCUT2D eigenvalue weighted by Gasteiger charge is -2.58. The van der Waals surface area contributed by atoms with Gasteiger partial charge in [-0.1, -0.05) is 47.6 Å². The average Bonchev–Trinajstić information content (AvgIpc) is 2.61. The van der Waals surface area contributed by atoms with Crippen LogP contribution in [0.1, 0.15) is 92.9 Å². The van der Waals surface area contributed by atoms with Gasteiger partial charge in [-0.15, -0.1) is 0 Å². The smallest absolute Gasteiger partial charge is 0.306 e. The Morgan fingerprint density at radius 1 is 1.21 bits per heavy atom. The van der Waals surface area contributed by atoms with Gasteiger partial charge in [0.1, 0.15) is 6.61 Å². The highest BCUT2D eigenvalue weighted by Gasteiger charge is 2.53. The number of carboxylic acids is 1. The van der Waals surface area contributed by atoms with E-state index in [0.717, 1.165) is 25.7 Å². The molecule has 0 saturated heterocycles. The molecule has 4 nitrogen and oxygen atoms in total. The lowest BCUT2D eigenvalue weighted by Crippen LogP contribution is -2.50. The lowest BCUT2D eigenvalue weighted by atomic mass is 9.46. The van der Waals surface area contributed by atoms with Gasteiger partial charge in [0.05, 0.1) is 0 Å². The van der Waals surface area contributed by atoms with Gasteiger partial charge in [0.25, 0.3) is 0 Å². The molecule has 5 unspecified atom stereocenters. The molecule has 0 radical (unpaired) electrons. The second kappa shape index (κ2) is 9.66. The standard InChI is InChI=1S/C25H42O4/c1-17(2)14-23(28)29-16-20-8-7-9-21-24(5,12-10-18(3)15-22(26)27)19(4)11-13-25(20,21)6/h8,17-19,21H,7,9-16H2,1-6H3,(H,26,27).